The van der Waals surface area contributed by atoms with Gasteiger partial charge in [-0.3, -0.25) is 14.4 Å². The topological polar surface area (TPSA) is 108 Å². The maximum Gasteiger partial charge on any atom is 0.245 e. The van der Waals surface area contributed by atoms with Crippen molar-refractivity contribution in [2.75, 3.05) is 26.7 Å². The Morgan fingerprint density at radius 1 is 1.19 bits per heavy atom. The van der Waals surface area contributed by atoms with E-state index in [1.54, 1.807) is 11.9 Å². The van der Waals surface area contributed by atoms with Crippen molar-refractivity contribution in [3.63, 3.8) is 0 Å². The van der Waals surface area contributed by atoms with Crippen LogP contribution in [0.4, 0.5) is 0 Å². The van der Waals surface area contributed by atoms with E-state index in [1.807, 2.05) is 0 Å². The molecule has 0 aromatic heterocycles. The minimum atomic E-state index is -0.965. The van der Waals surface area contributed by atoms with Crippen LogP contribution in [0, 0.1) is 11.8 Å². The average molecular weight is 502 g/mol. The molecule has 0 aromatic rings. The highest BCUT2D eigenvalue weighted by atomic mass is 79.9. The van der Waals surface area contributed by atoms with Crippen molar-refractivity contribution in [3.05, 3.63) is 0 Å². The number of nitrogens with zero attached hydrogens (tertiary/aromatic N) is 1. The van der Waals surface area contributed by atoms with E-state index in [0.29, 0.717) is 19.5 Å². The first-order valence-corrected chi connectivity index (χ1v) is 12.6. The van der Waals surface area contributed by atoms with E-state index in [9.17, 15) is 14.4 Å². The van der Waals surface area contributed by atoms with Gasteiger partial charge in [0.1, 0.15) is 11.6 Å². The molecule has 0 aromatic carbocycles. The third-order valence-electron chi connectivity index (χ3n) is 6.97. The highest BCUT2D eigenvalue weighted by Crippen LogP contribution is 2.59. The number of likely N-dealkylation sites (tertiary alicyclic amines) is 1. The summed E-state index contributed by atoms with van der Waals surface area (Å²) in [6, 6.07) is -0.718. The number of rotatable bonds is 12. The van der Waals surface area contributed by atoms with Gasteiger partial charge in [-0.25, -0.2) is 0 Å². The minimum absolute atomic E-state index is 0.0706. The number of ether oxygens (including phenoxy) is 1. The van der Waals surface area contributed by atoms with Crippen molar-refractivity contribution in [2.24, 2.45) is 11.8 Å². The Labute approximate surface area is 193 Å². The molecular weight excluding hydrogens is 466 g/mol. The molecule has 6 atom stereocenters. The summed E-state index contributed by atoms with van der Waals surface area (Å²) in [5.41, 5.74) is -0.965. The lowest BCUT2D eigenvalue weighted by Crippen LogP contribution is -2.56. The van der Waals surface area contributed by atoms with Crippen LogP contribution < -0.4 is 10.6 Å². The Bertz CT molecular complexity index is 678. The van der Waals surface area contributed by atoms with Gasteiger partial charge in [0.25, 0.3) is 0 Å². The molecular formula is C22H36BrN3O5. The van der Waals surface area contributed by atoms with Crippen molar-refractivity contribution in [2.45, 2.75) is 80.9 Å². The monoisotopic (exact) mass is 501 g/mol. The van der Waals surface area contributed by atoms with Crippen molar-refractivity contribution in [1.29, 1.82) is 0 Å². The molecule has 2 bridgehead atoms. The number of unbranched alkanes of at least 4 members (excludes halogenated alkanes) is 5. The molecule has 0 radical (unpaired) electrons. The van der Waals surface area contributed by atoms with E-state index in [4.69, 9.17) is 9.84 Å². The quantitative estimate of drug-likeness (QED) is 0.276. The fourth-order valence-corrected chi connectivity index (χ4v) is 6.51. The van der Waals surface area contributed by atoms with Crippen LogP contribution in [-0.4, -0.2) is 77.0 Å². The number of hydrogen-bond acceptors (Lipinski definition) is 5. The summed E-state index contributed by atoms with van der Waals surface area (Å²) in [5, 5.41) is 14.7. The zero-order chi connectivity index (χ0) is 22.6. The van der Waals surface area contributed by atoms with Gasteiger partial charge in [0.2, 0.25) is 17.7 Å². The van der Waals surface area contributed by atoms with E-state index in [-0.39, 0.29) is 29.2 Å². The number of alkyl halides is 1. The highest BCUT2D eigenvalue weighted by molar-refractivity contribution is 9.09. The van der Waals surface area contributed by atoms with Gasteiger partial charge >= 0.3 is 0 Å². The number of carbonyl (C=O) groups excluding carboxylic acids is 3. The molecule has 3 fully saturated rings. The van der Waals surface area contributed by atoms with Crippen LogP contribution in [0.25, 0.3) is 0 Å². The van der Waals surface area contributed by atoms with Gasteiger partial charge in [0.15, 0.2) is 0 Å². The third kappa shape index (κ3) is 4.50. The fourth-order valence-electron chi connectivity index (χ4n) is 5.57. The first-order valence-electron chi connectivity index (χ1n) is 11.7. The largest absolute Gasteiger partial charge is 0.396 e. The number of halogens is 1. The molecule has 3 rings (SSSR count). The number of aliphatic hydroxyl groups excluding tert-OH is 1. The standard InChI is InChI=1S/C22H36BrN3O5/c1-3-4-7-10-25-20(29)18-22-13-14(23)17(31-22)15(19(28)24-2)16(22)21(30)26(18)11-8-5-6-9-12-27/h14-18,27H,3-13H2,1-2H3,(H,24,28)(H,25,29)/t14?,15-,16-,17-,18?,22?/m0/s1. The van der Waals surface area contributed by atoms with Gasteiger partial charge in [-0.15, -0.1) is 0 Å². The van der Waals surface area contributed by atoms with Crippen LogP contribution in [0.15, 0.2) is 0 Å². The zero-order valence-corrected chi connectivity index (χ0v) is 20.2. The maximum absolute atomic E-state index is 13.6. The second kappa shape index (κ2) is 10.6. The second-order valence-electron chi connectivity index (χ2n) is 8.95. The lowest BCUT2D eigenvalue weighted by atomic mass is 9.70. The van der Waals surface area contributed by atoms with Crippen molar-refractivity contribution >= 4 is 33.7 Å². The number of fused-ring (bicyclic) bond motifs is 1. The Kier molecular flexibility index (Phi) is 8.37. The number of nitrogens with one attached hydrogen (secondary N) is 2. The van der Waals surface area contributed by atoms with Crippen molar-refractivity contribution in [1.82, 2.24) is 15.5 Å². The SMILES string of the molecule is CCCCCNC(=O)C1N(CCCCCCO)C(=O)[C@@H]2[C@H](C(=O)NC)[C@H]3OC12CC3Br. The molecule has 1 spiro atoms. The molecule has 176 valence electrons. The minimum Gasteiger partial charge on any atom is -0.396 e. The van der Waals surface area contributed by atoms with Crippen LogP contribution in [0.1, 0.15) is 58.3 Å². The summed E-state index contributed by atoms with van der Waals surface area (Å²) in [4.78, 5) is 41.2. The Morgan fingerprint density at radius 2 is 1.94 bits per heavy atom. The Balaban J connectivity index is 1.83. The summed E-state index contributed by atoms with van der Waals surface area (Å²) >= 11 is 3.65. The number of carbonyl (C=O) groups is 3. The molecule has 8 nitrogen and oxygen atoms in total. The first kappa shape index (κ1) is 24.5. The number of aliphatic hydroxyl groups is 1. The average Bonchev–Trinajstić information content (AvgIpc) is 3.34. The van der Waals surface area contributed by atoms with Crippen LogP contribution >= 0.6 is 15.9 Å². The van der Waals surface area contributed by atoms with Gasteiger partial charge in [0, 0.05) is 31.6 Å². The molecule has 0 saturated carbocycles. The number of hydrogen-bond donors (Lipinski definition) is 3. The van der Waals surface area contributed by atoms with Crippen molar-refractivity contribution in [3.8, 4) is 0 Å². The smallest absolute Gasteiger partial charge is 0.245 e. The van der Waals surface area contributed by atoms with E-state index in [1.165, 1.54) is 0 Å². The van der Waals surface area contributed by atoms with Gasteiger partial charge < -0.3 is 25.4 Å². The summed E-state index contributed by atoms with van der Waals surface area (Å²) < 4.78 is 6.37. The van der Waals surface area contributed by atoms with E-state index >= 15 is 0 Å². The lowest BCUT2D eigenvalue weighted by molar-refractivity contribution is -0.142. The van der Waals surface area contributed by atoms with Gasteiger partial charge in [-0.2, -0.15) is 0 Å². The summed E-state index contributed by atoms with van der Waals surface area (Å²) in [6.45, 7) is 3.30. The summed E-state index contributed by atoms with van der Waals surface area (Å²) in [7, 11) is 1.57. The van der Waals surface area contributed by atoms with Gasteiger partial charge in [-0.05, 0) is 25.7 Å². The predicted molar refractivity (Wildman–Crippen MR) is 120 cm³/mol. The predicted octanol–water partition coefficient (Wildman–Crippen LogP) is 1.34. The van der Waals surface area contributed by atoms with Crippen LogP contribution in [0.3, 0.4) is 0 Å². The molecule has 3 amide bonds. The van der Waals surface area contributed by atoms with Crippen LogP contribution in [0.2, 0.25) is 0 Å². The zero-order valence-electron chi connectivity index (χ0n) is 18.6. The molecule has 3 heterocycles. The molecule has 0 aliphatic carbocycles. The second-order valence-corrected chi connectivity index (χ2v) is 10.1. The molecule has 3 saturated heterocycles. The molecule has 3 aliphatic heterocycles. The Morgan fingerprint density at radius 3 is 2.61 bits per heavy atom. The first-order chi connectivity index (χ1) is 14.9. The molecule has 9 heteroatoms. The van der Waals surface area contributed by atoms with Crippen LogP contribution in [0.5, 0.6) is 0 Å². The highest BCUT2D eigenvalue weighted by Gasteiger charge is 2.76. The fraction of sp³-hybridized carbons (Fsp3) is 0.864. The molecule has 3 N–H and O–H groups in total. The number of amides is 3. The summed E-state index contributed by atoms with van der Waals surface area (Å²) in [5.74, 6) is -1.76. The van der Waals surface area contributed by atoms with Crippen LogP contribution in [-0.2, 0) is 19.1 Å². The lowest BCUT2D eigenvalue weighted by Gasteiger charge is -2.34. The van der Waals surface area contributed by atoms with Gasteiger partial charge in [-0.1, -0.05) is 48.5 Å². The van der Waals surface area contributed by atoms with E-state index < -0.39 is 29.6 Å². The molecule has 3 aliphatic rings. The molecule has 3 unspecified atom stereocenters. The molecule has 31 heavy (non-hydrogen) atoms. The maximum atomic E-state index is 13.6. The van der Waals surface area contributed by atoms with E-state index in [2.05, 4.69) is 33.5 Å². The van der Waals surface area contributed by atoms with Gasteiger partial charge in [0.05, 0.1) is 17.9 Å². The third-order valence-corrected chi connectivity index (χ3v) is 7.82. The van der Waals surface area contributed by atoms with E-state index in [0.717, 1.165) is 44.9 Å². The normalized spacial score (nSPS) is 33.6. The summed E-state index contributed by atoms with van der Waals surface area (Å²) in [6.07, 6.45) is 6.36. The Hall–Kier alpha value is -1.19. The van der Waals surface area contributed by atoms with Crippen molar-refractivity contribution < 1.29 is 24.2 Å².